The number of nitrogens with one attached hydrogen (secondary N) is 4. The summed E-state index contributed by atoms with van der Waals surface area (Å²) >= 11 is 0. The predicted octanol–water partition coefficient (Wildman–Crippen LogP) is 1.97. The summed E-state index contributed by atoms with van der Waals surface area (Å²) in [5.74, 6) is -0.726. The topological polar surface area (TPSA) is 101 Å². The third-order valence-electron chi connectivity index (χ3n) is 11.3. The maximum atomic E-state index is 16.6. The van der Waals surface area contributed by atoms with E-state index in [4.69, 9.17) is 4.74 Å². The highest BCUT2D eigenvalue weighted by Gasteiger charge is 2.57. The van der Waals surface area contributed by atoms with Crippen molar-refractivity contribution in [2.75, 3.05) is 39.3 Å². The van der Waals surface area contributed by atoms with Gasteiger partial charge in [-0.3, -0.25) is 15.0 Å². The van der Waals surface area contributed by atoms with Crippen molar-refractivity contribution >= 4 is 11.9 Å². The number of piperidine rings is 2. The van der Waals surface area contributed by atoms with Gasteiger partial charge in [0, 0.05) is 62.2 Å². The highest BCUT2D eigenvalue weighted by molar-refractivity contribution is 5.87. The fourth-order valence-corrected chi connectivity index (χ4v) is 9.24. The van der Waals surface area contributed by atoms with Gasteiger partial charge in [-0.05, 0) is 70.5 Å². The van der Waals surface area contributed by atoms with E-state index in [0.717, 1.165) is 38.8 Å². The van der Waals surface area contributed by atoms with Gasteiger partial charge in [-0.15, -0.1) is 0 Å². The molecule has 11 unspecified atom stereocenters. The first kappa shape index (κ1) is 32.1. The molecular formula is C32H53F2N7O3. The van der Waals surface area contributed by atoms with Crippen LogP contribution in [0.15, 0.2) is 12.7 Å². The van der Waals surface area contributed by atoms with Crippen molar-refractivity contribution in [2.45, 2.75) is 120 Å². The summed E-state index contributed by atoms with van der Waals surface area (Å²) in [6.45, 7) is 13.7. The summed E-state index contributed by atoms with van der Waals surface area (Å²) in [6, 6.07) is -1.05. The lowest BCUT2D eigenvalue weighted by Gasteiger charge is -2.60. The molecule has 5 aliphatic heterocycles. The van der Waals surface area contributed by atoms with Crippen molar-refractivity contribution in [3.8, 4) is 0 Å². The standard InChI is InChI=1S/C32H53F2N7O3/c1-5-25(42)39-13-14-40(19(4)17-39)30-20-16-22(34)28-26-21(33)8-6-9-24(26)44-15-7-11-35-23-10-12-36-27(18(2)3)29(23)41(31(20)37-28)32(43)38-30/h5,18-24,26-31,35-37H,1,6-17H2,2-4H3,(H,38,43)/t19-,20?,21?,22?,23?,24?,26?,27?,28?,29?,30?,31?/m0/s1. The van der Waals surface area contributed by atoms with Gasteiger partial charge in [0.15, 0.2) is 0 Å². The van der Waals surface area contributed by atoms with Gasteiger partial charge in [-0.1, -0.05) is 20.4 Å². The monoisotopic (exact) mass is 621 g/mol. The maximum absolute atomic E-state index is 16.6. The Hall–Kier alpha value is -1.86. The first-order valence-corrected chi connectivity index (χ1v) is 17.1. The number of nitrogens with zero attached hydrogens (tertiary/aromatic N) is 3. The smallest absolute Gasteiger partial charge is 0.320 e. The number of carbonyl (C=O) groups excluding carboxylic acids is 2. The Balaban J connectivity index is 1.38. The molecule has 4 N–H and O–H groups in total. The minimum absolute atomic E-state index is 0.0395. The molecule has 10 nitrogen and oxygen atoms in total. The van der Waals surface area contributed by atoms with Crippen molar-refractivity contribution in [1.29, 1.82) is 0 Å². The van der Waals surface area contributed by atoms with E-state index in [9.17, 15) is 9.59 Å². The lowest BCUT2D eigenvalue weighted by atomic mass is 9.73. The lowest BCUT2D eigenvalue weighted by Crippen LogP contribution is -2.81. The minimum atomic E-state index is -1.29. The zero-order valence-corrected chi connectivity index (χ0v) is 26.6. The van der Waals surface area contributed by atoms with E-state index in [1.807, 2.05) is 4.90 Å². The number of piperazine rings is 1. The number of hydrogen-bond donors (Lipinski definition) is 4. The van der Waals surface area contributed by atoms with E-state index in [1.54, 1.807) is 4.90 Å². The van der Waals surface area contributed by atoms with Crippen LogP contribution in [0.5, 0.6) is 0 Å². The molecule has 0 aromatic heterocycles. The van der Waals surface area contributed by atoms with Crippen LogP contribution in [0.2, 0.25) is 0 Å². The summed E-state index contributed by atoms with van der Waals surface area (Å²) in [7, 11) is 0. The largest absolute Gasteiger partial charge is 0.378 e. The first-order valence-electron chi connectivity index (χ1n) is 17.1. The van der Waals surface area contributed by atoms with Crippen molar-refractivity contribution in [2.24, 2.45) is 17.8 Å². The third-order valence-corrected chi connectivity index (χ3v) is 11.3. The quantitative estimate of drug-likeness (QED) is 0.358. The second kappa shape index (κ2) is 13.5. The van der Waals surface area contributed by atoms with Gasteiger partial charge in [0.05, 0.1) is 24.5 Å². The predicted molar refractivity (Wildman–Crippen MR) is 164 cm³/mol. The SMILES string of the molecule is C=CC(=O)N1CCN(C2NC(=O)N3C4NC(C(F)CC42)C2C(F)CCCC2OCCCNC2CCNC(C(C)C)C23)[C@@H](C)C1. The van der Waals surface area contributed by atoms with Gasteiger partial charge in [-0.25, -0.2) is 13.6 Å². The molecule has 12 atom stereocenters. The zero-order valence-electron chi connectivity index (χ0n) is 26.6. The van der Waals surface area contributed by atoms with E-state index in [1.165, 1.54) is 6.08 Å². The number of hydrogen-bond acceptors (Lipinski definition) is 7. The highest BCUT2D eigenvalue weighted by Crippen LogP contribution is 2.42. The van der Waals surface area contributed by atoms with E-state index < -0.39 is 36.6 Å². The molecule has 3 amide bonds. The van der Waals surface area contributed by atoms with E-state index in [2.05, 4.69) is 53.5 Å². The fourth-order valence-electron chi connectivity index (χ4n) is 9.24. The van der Waals surface area contributed by atoms with Crippen LogP contribution < -0.4 is 21.3 Å². The Morgan fingerprint density at radius 2 is 1.89 bits per heavy atom. The van der Waals surface area contributed by atoms with Gasteiger partial charge in [0.1, 0.15) is 12.3 Å². The average molecular weight is 622 g/mol. The molecule has 0 spiro atoms. The molecule has 44 heavy (non-hydrogen) atoms. The number of alkyl halides is 2. The van der Waals surface area contributed by atoms with Crippen LogP contribution in [0.4, 0.5) is 13.6 Å². The molecule has 12 heteroatoms. The molecule has 6 rings (SSSR count). The van der Waals surface area contributed by atoms with Gasteiger partial charge in [0.25, 0.3) is 0 Å². The normalized spacial score (nSPS) is 43.9. The second-order valence-corrected chi connectivity index (χ2v) is 14.3. The van der Waals surface area contributed by atoms with Crippen molar-refractivity contribution < 1.29 is 23.1 Å². The van der Waals surface area contributed by atoms with Crippen LogP contribution in [-0.2, 0) is 9.53 Å². The Labute approximate surface area is 261 Å². The van der Waals surface area contributed by atoms with Gasteiger partial charge in [-0.2, -0.15) is 0 Å². The van der Waals surface area contributed by atoms with Crippen molar-refractivity contribution in [3.05, 3.63) is 12.7 Å². The Kier molecular flexibility index (Phi) is 9.83. The number of urea groups is 1. The Morgan fingerprint density at radius 1 is 1.07 bits per heavy atom. The van der Waals surface area contributed by atoms with E-state index in [-0.39, 0.29) is 60.5 Å². The summed E-state index contributed by atoms with van der Waals surface area (Å²) in [5, 5.41) is 14.4. The average Bonchev–Trinajstić information content (AvgIpc) is 3.01. The highest BCUT2D eigenvalue weighted by atomic mass is 19.1. The molecular weight excluding hydrogens is 568 g/mol. The Bertz CT molecular complexity index is 1050. The Morgan fingerprint density at radius 3 is 2.64 bits per heavy atom. The van der Waals surface area contributed by atoms with E-state index >= 15 is 8.78 Å². The lowest BCUT2D eigenvalue weighted by molar-refractivity contribution is -0.133. The number of halogens is 2. The van der Waals surface area contributed by atoms with Crippen molar-refractivity contribution in [1.82, 2.24) is 36.0 Å². The van der Waals surface area contributed by atoms with E-state index in [0.29, 0.717) is 32.7 Å². The van der Waals surface area contributed by atoms with Crippen LogP contribution in [0.1, 0.15) is 59.3 Å². The molecule has 1 saturated carbocycles. The summed E-state index contributed by atoms with van der Waals surface area (Å²) < 4.78 is 38.7. The molecule has 6 fully saturated rings. The maximum Gasteiger partial charge on any atom is 0.320 e. The molecule has 5 saturated heterocycles. The second-order valence-electron chi connectivity index (χ2n) is 14.3. The molecule has 0 radical (unpaired) electrons. The van der Waals surface area contributed by atoms with Crippen LogP contribution in [0.3, 0.4) is 0 Å². The molecule has 2 bridgehead atoms. The van der Waals surface area contributed by atoms with Crippen molar-refractivity contribution in [3.63, 3.8) is 0 Å². The number of ether oxygens (including phenoxy) is 1. The van der Waals surface area contributed by atoms with Crippen LogP contribution in [0.25, 0.3) is 0 Å². The molecule has 5 heterocycles. The number of fused-ring (bicyclic) bond motifs is 5. The molecule has 1 aliphatic carbocycles. The van der Waals surface area contributed by atoms with Gasteiger partial charge >= 0.3 is 6.03 Å². The van der Waals surface area contributed by atoms with Gasteiger partial charge in [0.2, 0.25) is 5.91 Å². The summed E-state index contributed by atoms with van der Waals surface area (Å²) in [5.41, 5.74) is 0. The molecule has 6 aliphatic rings. The summed E-state index contributed by atoms with van der Waals surface area (Å²) in [4.78, 5) is 32.8. The molecule has 0 aromatic rings. The number of amides is 3. The van der Waals surface area contributed by atoms with Gasteiger partial charge < -0.3 is 30.5 Å². The summed E-state index contributed by atoms with van der Waals surface area (Å²) in [6.07, 6.45) is 1.37. The third kappa shape index (κ3) is 6.01. The van der Waals surface area contributed by atoms with Crippen LogP contribution in [-0.4, -0.2) is 127 Å². The number of carbonyl (C=O) groups is 2. The number of rotatable bonds is 3. The molecule has 0 aromatic carbocycles. The zero-order chi connectivity index (χ0) is 31.1. The van der Waals surface area contributed by atoms with Crippen LogP contribution >= 0.6 is 0 Å². The molecule has 248 valence electrons. The first-order chi connectivity index (χ1) is 21.2. The van der Waals surface area contributed by atoms with Crippen LogP contribution in [0, 0.1) is 17.8 Å². The fraction of sp³-hybridized carbons (Fsp3) is 0.875. The minimum Gasteiger partial charge on any atom is -0.378 e.